The summed E-state index contributed by atoms with van der Waals surface area (Å²) >= 11 is 3.92. The van der Waals surface area contributed by atoms with Crippen molar-refractivity contribution < 1.29 is 22.4 Å². The molecule has 0 spiro atoms. The molecule has 0 atom stereocenters. The summed E-state index contributed by atoms with van der Waals surface area (Å²) in [4.78, 5) is 0. The molecule has 0 amide bonds. The van der Waals surface area contributed by atoms with Gasteiger partial charge in [0.05, 0.1) is 0 Å². The van der Waals surface area contributed by atoms with E-state index in [-0.39, 0.29) is 22.4 Å². The second-order valence-electron chi connectivity index (χ2n) is 0.724. The van der Waals surface area contributed by atoms with Gasteiger partial charge in [-0.05, 0) is 12.2 Å². The number of hydrogen-bond acceptors (Lipinski definition) is 1. The fraction of sp³-hybridized carbons (Fsp3) is 1.00. The Labute approximate surface area is 54.3 Å². The Morgan fingerprint density at radius 3 is 1.80 bits per heavy atom. The Kier molecular flexibility index (Phi) is 16.8. The Morgan fingerprint density at radius 1 is 1.60 bits per heavy atom. The van der Waals surface area contributed by atoms with Crippen LogP contribution in [0.1, 0.15) is 13.3 Å². The summed E-state index contributed by atoms with van der Waals surface area (Å²) in [6.45, 7) is 2.10. The first-order chi connectivity index (χ1) is 1.91. The maximum Gasteiger partial charge on any atom is 0 e. The van der Waals surface area contributed by atoms with Gasteiger partial charge in [-0.1, -0.05) is 6.92 Å². The minimum Gasteiger partial charge on any atom is -0.179 e. The van der Waals surface area contributed by atoms with Gasteiger partial charge in [0, 0.05) is 22.4 Å². The van der Waals surface area contributed by atoms with E-state index in [4.69, 9.17) is 0 Å². The van der Waals surface area contributed by atoms with Gasteiger partial charge in [-0.3, -0.25) is 0 Å². The molecular formula is C3H8AgS. The van der Waals surface area contributed by atoms with Crippen LogP contribution in [0.2, 0.25) is 0 Å². The average molecular weight is 184 g/mol. The molecule has 0 unspecified atom stereocenters. The number of thiol groups is 1. The minimum atomic E-state index is 0. The predicted octanol–water partition coefficient (Wildman–Crippen LogP) is 1.32. The summed E-state index contributed by atoms with van der Waals surface area (Å²) in [7, 11) is 0. The zero-order valence-electron chi connectivity index (χ0n) is 3.16. The molecule has 0 aliphatic heterocycles. The molecule has 5 heavy (non-hydrogen) atoms. The van der Waals surface area contributed by atoms with Gasteiger partial charge in [-0.25, -0.2) is 0 Å². The van der Waals surface area contributed by atoms with Gasteiger partial charge in [-0.2, -0.15) is 12.6 Å². The van der Waals surface area contributed by atoms with Crippen molar-refractivity contribution in [3.8, 4) is 0 Å². The maximum absolute atomic E-state index is 3.92. The number of rotatable bonds is 1. The molecule has 0 aromatic carbocycles. The zero-order chi connectivity index (χ0) is 3.41. The van der Waals surface area contributed by atoms with E-state index >= 15 is 0 Å². The van der Waals surface area contributed by atoms with Gasteiger partial charge in [0.25, 0.3) is 0 Å². The second-order valence-corrected chi connectivity index (χ2v) is 1.17. The summed E-state index contributed by atoms with van der Waals surface area (Å²) in [6, 6.07) is 0. The topological polar surface area (TPSA) is 0 Å². The zero-order valence-corrected chi connectivity index (χ0v) is 5.54. The molecule has 0 aromatic heterocycles. The van der Waals surface area contributed by atoms with E-state index in [0.29, 0.717) is 0 Å². The van der Waals surface area contributed by atoms with Gasteiger partial charge in [0.1, 0.15) is 0 Å². The third-order valence-electron chi connectivity index (χ3n) is 0.224. The molecule has 0 nitrogen and oxygen atoms in total. The fourth-order valence-corrected chi connectivity index (χ4v) is 0. The summed E-state index contributed by atoms with van der Waals surface area (Å²) in [5.41, 5.74) is 0. The van der Waals surface area contributed by atoms with Crippen molar-refractivity contribution in [3.05, 3.63) is 0 Å². The Balaban J connectivity index is 0. The second kappa shape index (κ2) is 8.92. The van der Waals surface area contributed by atoms with Crippen molar-refractivity contribution in [2.45, 2.75) is 13.3 Å². The molecule has 0 saturated heterocycles. The molecule has 37 valence electrons. The van der Waals surface area contributed by atoms with Crippen molar-refractivity contribution in [1.29, 1.82) is 0 Å². The van der Waals surface area contributed by atoms with Crippen LogP contribution in [0.15, 0.2) is 0 Å². The quantitative estimate of drug-likeness (QED) is 0.461. The first kappa shape index (κ1) is 9.43. The SMILES string of the molecule is CCCS.[Ag]. The van der Waals surface area contributed by atoms with E-state index < -0.39 is 0 Å². The van der Waals surface area contributed by atoms with E-state index in [1.165, 1.54) is 6.42 Å². The smallest absolute Gasteiger partial charge is 0 e. The molecule has 0 saturated carbocycles. The van der Waals surface area contributed by atoms with E-state index in [1.54, 1.807) is 0 Å². The monoisotopic (exact) mass is 183 g/mol. The van der Waals surface area contributed by atoms with Crippen molar-refractivity contribution in [3.63, 3.8) is 0 Å². The van der Waals surface area contributed by atoms with Crippen molar-refractivity contribution in [1.82, 2.24) is 0 Å². The number of hydrogen-bond donors (Lipinski definition) is 1. The van der Waals surface area contributed by atoms with Crippen molar-refractivity contribution in [2.24, 2.45) is 0 Å². The first-order valence-corrected chi connectivity index (χ1v) is 2.16. The molecule has 0 rings (SSSR count). The van der Waals surface area contributed by atoms with Gasteiger partial charge in [0.2, 0.25) is 0 Å². The molecular weight excluding hydrogens is 176 g/mol. The van der Waals surface area contributed by atoms with Crippen LogP contribution in [-0.4, -0.2) is 5.75 Å². The van der Waals surface area contributed by atoms with Crippen LogP contribution in [0.5, 0.6) is 0 Å². The van der Waals surface area contributed by atoms with Crippen LogP contribution in [0.3, 0.4) is 0 Å². The Morgan fingerprint density at radius 2 is 1.80 bits per heavy atom. The third-order valence-corrected chi connectivity index (χ3v) is 0.671. The van der Waals surface area contributed by atoms with E-state index in [0.717, 1.165) is 5.75 Å². The van der Waals surface area contributed by atoms with Crippen molar-refractivity contribution >= 4 is 12.6 Å². The van der Waals surface area contributed by atoms with Crippen molar-refractivity contribution in [2.75, 3.05) is 5.75 Å². The van der Waals surface area contributed by atoms with Crippen LogP contribution < -0.4 is 0 Å². The standard InChI is InChI=1S/C3H8S.Ag/c1-2-3-4;/h4H,2-3H2,1H3;. The molecule has 0 fully saturated rings. The average Bonchev–Trinajstić information content (AvgIpc) is 1.37. The van der Waals surface area contributed by atoms with Gasteiger partial charge in [0.15, 0.2) is 0 Å². The fourth-order valence-electron chi connectivity index (χ4n) is 0. The van der Waals surface area contributed by atoms with Crippen LogP contribution >= 0.6 is 12.6 Å². The third kappa shape index (κ3) is 11.1. The van der Waals surface area contributed by atoms with Gasteiger partial charge < -0.3 is 0 Å². The predicted molar refractivity (Wildman–Crippen MR) is 24.1 cm³/mol. The van der Waals surface area contributed by atoms with Crippen LogP contribution in [0, 0.1) is 0 Å². The van der Waals surface area contributed by atoms with E-state index in [2.05, 4.69) is 19.6 Å². The molecule has 0 bridgehead atoms. The van der Waals surface area contributed by atoms with Gasteiger partial charge >= 0.3 is 0 Å². The molecule has 0 aliphatic rings. The Hall–Kier alpha value is 1.09. The molecule has 2 heteroatoms. The van der Waals surface area contributed by atoms with Gasteiger partial charge in [-0.15, -0.1) is 0 Å². The van der Waals surface area contributed by atoms with Crippen LogP contribution in [0.4, 0.5) is 0 Å². The largest absolute Gasteiger partial charge is 0.179 e. The molecule has 1 radical (unpaired) electrons. The minimum absolute atomic E-state index is 0. The molecule has 0 aromatic rings. The first-order valence-electron chi connectivity index (χ1n) is 1.52. The summed E-state index contributed by atoms with van der Waals surface area (Å²) in [5, 5.41) is 0. The van der Waals surface area contributed by atoms with E-state index in [1.807, 2.05) is 0 Å². The Bertz CT molecular complexity index is 8.85. The molecule has 0 aliphatic carbocycles. The summed E-state index contributed by atoms with van der Waals surface area (Å²) in [6.07, 6.45) is 1.18. The van der Waals surface area contributed by atoms with Crippen LogP contribution in [-0.2, 0) is 22.4 Å². The summed E-state index contributed by atoms with van der Waals surface area (Å²) in [5.74, 6) is 1.01. The summed E-state index contributed by atoms with van der Waals surface area (Å²) < 4.78 is 0. The normalized spacial score (nSPS) is 6.00. The molecule has 0 heterocycles. The van der Waals surface area contributed by atoms with Crippen LogP contribution in [0.25, 0.3) is 0 Å². The molecule has 0 N–H and O–H groups in total. The maximum atomic E-state index is 3.92. The van der Waals surface area contributed by atoms with E-state index in [9.17, 15) is 0 Å².